The van der Waals surface area contributed by atoms with E-state index in [0.29, 0.717) is 6.42 Å². The summed E-state index contributed by atoms with van der Waals surface area (Å²) < 4.78 is 0. The van der Waals surface area contributed by atoms with Crippen molar-refractivity contribution in [2.75, 3.05) is 17.7 Å². The Morgan fingerprint density at radius 2 is 2.29 bits per heavy atom. The average molecular weight is 189 g/mol. The van der Waals surface area contributed by atoms with E-state index in [-0.39, 0.29) is 6.04 Å². The zero-order valence-corrected chi connectivity index (χ0v) is 8.57. The van der Waals surface area contributed by atoms with Gasteiger partial charge in [0.2, 0.25) is 0 Å². The second kappa shape index (κ2) is 4.52. The molecular formula is C11H15N3. The molecule has 0 aliphatic carbocycles. The molecule has 0 aliphatic heterocycles. The summed E-state index contributed by atoms with van der Waals surface area (Å²) in [7, 11) is 1.97. The molecule has 0 saturated heterocycles. The molecule has 1 aromatic carbocycles. The molecule has 0 aromatic heterocycles. The fourth-order valence-corrected chi connectivity index (χ4v) is 1.27. The average Bonchev–Trinajstić information content (AvgIpc) is 2.17. The van der Waals surface area contributed by atoms with Crippen molar-refractivity contribution in [3.63, 3.8) is 0 Å². The maximum Gasteiger partial charge on any atom is 0.0643 e. The second-order valence-corrected chi connectivity index (χ2v) is 3.42. The molecule has 3 heteroatoms. The lowest BCUT2D eigenvalue weighted by atomic mass is 10.2. The van der Waals surface area contributed by atoms with Gasteiger partial charge >= 0.3 is 0 Å². The lowest BCUT2D eigenvalue weighted by molar-refractivity contribution is 0.703. The van der Waals surface area contributed by atoms with Crippen LogP contribution < -0.4 is 10.6 Å². The summed E-state index contributed by atoms with van der Waals surface area (Å²) in [5, 5.41) is 8.59. The molecule has 14 heavy (non-hydrogen) atoms. The third-order valence-electron chi connectivity index (χ3n) is 2.33. The molecule has 1 atom stereocenters. The smallest absolute Gasteiger partial charge is 0.0643 e. The number of nitriles is 1. The van der Waals surface area contributed by atoms with E-state index < -0.39 is 0 Å². The van der Waals surface area contributed by atoms with Crippen LogP contribution in [0.2, 0.25) is 0 Å². The summed E-state index contributed by atoms with van der Waals surface area (Å²) in [5.41, 5.74) is 7.48. The van der Waals surface area contributed by atoms with Crippen molar-refractivity contribution < 1.29 is 0 Å². The van der Waals surface area contributed by atoms with Gasteiger partial charge in [-0.15, -0.1) is 0 Å². The molecule has 0 aliphatic rings. The normalized spacial score (nSPS) is 11.8. The van der Waals surface area contributed by atoms with E-state index in [1.165, 1.54) is 0 Å². The first-order valence-electron chi connectivity index (χ1n) is 4.60. The number of benzene rings is 1. The van der Waals surface area contributed by atoms with Crippen molar-refractivity contribution in [3.8, 4) is 6.07 Å². The number of hydrogen-bond donors (Lipinski definition) is 1. The molecule has 1 aromatic rings. The van der Waals surface area contributed by atoms with Crippen LogP contribution in [0.5, 0.6) is 0 Å². The molecule has 1 unspecified atom stereocenters. The van der Waals surface area contributed by atoms with Crippen molar-refractivity contribution >= 4 is 11.4 Å². The molecule has 0 amide bonds. The lowest BCUT2D eigenvalue weighted by Crippen LogP contribution is -2.28. The quantitative estimate of drug-likeness (QED) is 0.740. The van der Waals surface area contributed by atoms with Gasteiger partial charge in [-0.25, -0.2) is 0 Å². The maximum atomic E-state index is 8.59. The van der Waals surface area contributed by atoms with Gasteiger partial charge in [0.05, 0.1) is 12.5 Å². The highest BCUT2D eigenvalue weighted by atomic mass is 15.1. The first-order chi connectivity index (χ1) is 6.65. The number of nitrogen functional groups attached to an aromatic ring is 1. The Kier molecular flexibility index (Phi) is 3.35. The van der Waals surface area contributed by atoms with Gasteiger partial charge in [-0.3, -0.25) is 0 Å². The Morgan fingerprint density at radius 1 is 1.57 bits per heavy atom. The molecule has 74 valence electrons. The van der Waals surface area contributed by atoms with Crippen LogP contribution in [0.25, 0.3) is 0 Å². The van der Waals surface area contributed by atoms with Crippen molar-refractivity contribution in [2.24, 2.45) is 0 Å². The third kappa shape index (κ3) is 2.40. The molecule has 2 N–H and O–H groups in total. The third-order valence-corrected chi connectivity index (χ3v) is 2.33. The van der Waals surface area contributed by atoms with Gasteiger partial charge < -0.3 is 10.6 Å². The van der Waals surface area contributed by atoms with Crippen molar-refractivity contribution in [2.45, 2.75) is 19.4 Å². The van der Waals surface area contributed by atoms with E-state index in [2.05, 4.69) is 11.0 Å². The van der Waals surface area contributed by atoms with E-state index in [9.17, 15) is 0 Å². The standard InChI is InChI=1S/C11H15N3/c1-9(6-7-12)14(2)11-5-3-4-10(13)8-11/h3-5,8-9H,6,13H2,1-2H3. The van der Waals surface area contributed by atoms with Gasteiger partial charge in [-0.2, -0.15) is 5.26 Å². The molecular weight excluding hydrogens is 174 g/mol. The minimum absolute atomic E-state index is 0.210. The van der Waals surface area contributed by atoms with Crippen molar-refractivity contribution in [3.05, 3.63) is 24.3 Å². The van der Waals surface area contributed by atoms with Crippen LogP contribution in [-0.2, 0) is 0 Å². The highest BCUT2D eigenvalue weighted by molar-refractivity contribution is 5.55. The van der Waals surface area contributed by atoms with Crippen LogP contribution in [0.1, 0.15) is 13.3 Å². The van der Waals surface area contributed by atoms with E-state index in [1.807, 2.05) is 38.2 Å². The first-order valence-corrected chi connectivity index (χ1v) is 4.60. The van der Waals surface area contributed by atoms with Crippen molar-refractivity contribution in [1.82, 2.24) is 0 Å². The van der Waals surface area contributed by atoms with Gasteiger partial charge in [0, 0.05) is 24.5 Å². The topological polar surface area (TPSA) is 53.0 Å². The summed E-state index contributed by atoms with van der Waals surface area (Å²) >= 11 is 0. The first kappa shape index (κ1) is 10.4. The predicted molar refractivity (Wildman–Crippen MR) is 58.9 cm³/mol. The minimum atomic E-state index is 0.210. The Morgan fingerprint density at radius 3 is 2.86 bits per heavy atom. The van der Waals surface area contributed by atoms with Crippen LogP contribution in [-0.4, -0.2) is 13.1 Å². The molecule has 0 fully saturated rings. The maximum absolute atomic E-state index is 8.59. The summed E-state index contributed by atoms with van der Waals surface area (Å²) in [4.78, 5) is 2.06. The Hall–Kier alpha value is -1.69. The van der Waals surface area contributed by atoms with Crippen LogP contribution in [0, 0.1) is 11.3 Å². The molecule has 1 rings (SSSR count). The zero-order valence-electron chi connectivity index (χ0n) is 8.57. The largest absolute Gasteiger partial charge is 0.399 e. The summed E-state index contributed by atoms with van der Waals surface area (Å²) in [6, 6.07) is 10.0. The monoisotopic (exact) mass is 189 g/mol. The van der Waals surface area contributed by atoms with Gasteiger partial charge in [0.1, 0.15) is 0 Å². The number of nitrogens with zero attached hydrogens (tertiary/aromatic N) is 2. The summed E-state index contributed by atoms with van der Waals surface area (Å²) in [5.74, 6) is 0. The molecule has 0 spiro atoms. The van der Waals surface area contributed by atoms with Crippen LogP contribution >= 0.6 is 0 Å². The SMILES string of the molecule is CC(CC#N)N(C)c1cccc(N)c1. The van der Waals surface area contributed by atoms with Gasteiger partial charge in [-0.1, -0.05) is 6.07 Å². The summed E-state index contributed by atoms with van der Waals surface area (Å²) in [6.45, 7) is 2.02. The van der Waals surface area contributed by atoms with E-state index in [0.717, 1.165) is 11.4 Å². The molecule has 0 bridgehead atoms. The van der Waals surface area contributed by atoms with Gasteiger partial charge in [0.25, 0.3) is 0 Å². The van der Waals surface area contributed by atoms with Gasteiger partial charge in [0.15, 0.2) is 0 Å². The molecule has 0 heterocycles. The molecule has 0 saturated carbocycles. The number of rotatable bonds is 3. The van der Waals surface area contributed by atoms with Crippen LogP contribution in [0.3, 0.4) is 0 Å². The highest BCUT2D eigenvalue weighted by Crippen LogP contribution is 2.18. The van der Waals surface area contributed by atoms with Crippen LogP contribution in [0.15, 0.2) is 24.3 Å². The van der Waals surface area contributed by atoms with E-state index in [1.54, 1.807) is 0 Å². The van der Waals surface area contributed by atoms with E-state index >= 15 is 0 Å². The van der Waals surface area contributed by atoms with Crippen LogP contribution in [0.4, 0.5) is 11.4 Å². The zero-order chi connectivity index (χ0) is 10.6. The second-order valence-electron chi connectivity index (χ2n) is 3.42. The lowest BCUT2D eigenvalue weighted by Gasteiger charge is -2.25. The fourth-order valence-electron chi connectivity index (χ4n) is 1.27. The highest BCUT2D eigenvalue weighted by Gasteiger charge is 2.08. The fraction of sp³-hybridized carbons (Fsp3) is 0.364. The molecule has 0 radical (unpaired) electrons. The number of nitrogens with two attached hydrogens (primary N) is 1. The van der Waals surface area contributed by atoms with E-state index in [4.69, 9.17) is 11.0 Å². The predicted octanol–water partition coefficient (Wildman–Crippen LogP) is 2.01. The van der Waals surface area contributed by atoms with Gasteiger partial charge in [-0.05, 0) is 25.1 Å². The Bertz CT molecular complexity index is 341. The Labute approximate surface area is 84.7 Å². The minimum Gasteiger partial charge on any atom is -0.399 e. The molecule has 3 nitrogen and oxygen atoms in total. The Balaban J connectivity index is 2.79. The van der Waals surface area contributed by atoms with Crippen molar-refractivity contribution in [1.29, 1.82) is 5.26 Å². The summed E-state index contributed by atoms with van der Waals surface area (Å²) in [6.07, 6.45) is 0.519. The number of hydrogen-bond acceptors (Lipinski definition) is 3. The number of anilines is 2.